The number of pyridine rings is 1. The summed E-state index contributed by atoms with van der Waals surface area (Å²) in [5.41, 5.74) is 3.48. The van der Waals surface area contributed by atoms with Gasteiger partial charge in [-0.25, -0.2) is 9.97 Å². The second kappa shape index (κ2) is 9.21. The smallest absolute Gasteiger partial charge is 0.287 e. The van der Waals surface area contributed by atoms with Crippen LogP contribution in [0.3, 0.4) is 0 Å². The Kier molecular flexibility index (Phi) is 5.57. The fourth-order valence-electron chi connectivity index (χ4n) is 4.59. The second-order valence-electron chi connectivity index (χ2n) is 8.66. The number of nitro groups is 1. The zero-order valence-corrected chi connectivity index (χ0v) is 20.2. The van der Waals surface area contributed by atoms with Gasteiger partial charge in [-0.1, -0.05) is 60.7 Å². The molecule has 0 unspecified atom stereocenters. The van der Waals surface area contributed by atoms with Crippen LogP contribution in [0.25, 0.3) is 39.0 Å². The number of nitrogens with zero attached hydrogens (tertiary/aromatic N) is 6. The summed E-state index contributed by atoms with van der Waals surface area (Å²) in [4.78, 5) is 33.3. The Labute approximate surface area is 216 Å². The highest BCUT2D eigenvalue weighted by Crippen LogP contribution is 2.28. The van der Waals surface area contributed by atoms with Crippen LogP contribution in [0, 0.1) is 17.0 Å². The fraction of sp³-hybridized carbons (Fsp3) is 0.0345. The van der Waals surface area contributed by atoms with E-state index in [1.54, 1.807) is 24.4 Å². The minimum atomic E-state index is -0.477. The molecule has 3 heterocycles. The van der Waals surface area contributed by atoms with Gasteiger partial charge >= 0.3 is 0 Å². The zero-order chi connectivity index (χ0) is 26.2. The number of para-hydroxylation sites is 2. The SMILES string of the molecule is Cc1c(C=Nn2c(-c3ccccc3)nc3ccccc3c2=O)c2ccccc2n1-c1ccc([N+](=O)[O-])cn1. The van der Waals surface area contributed by atoms with Crippen LogP contribution >= 0.6 is 0 Å². The van der Waals surface area contributed by atoms with E-state index in [1.807, 2.05) is 78.2 Å². The average molecular weight is 501 g/mol. The molecule has 0 bridgehead atoms. The maximum atomic E-state index is 13.5. The van der Waals surface area contributed by atoms with Gasteiger partial charge in [0.1, 0.15) is 12.0 Å². The first-order valence-corrected chi connectivity index (χ1v) is 11.9. The molecule has 0 aliphatic heterocycles. The van der Waals surface area contributed by atoms with E-state index in [1.165, 1.54) is 16.9 Å². The van der Waals surface area contributed by atoms with Crippen LogP contribution in [0.4, 0.5) is 5.69 Å². The molecular weight excluding hydrogens is 480 g/mol. The lowest BCUT2D eigenvalue weighted by Crippen LogP contribution is -2.20. The summed E-state index contributed by atoms with van der Waals surface area (Å²) >= 11 is 0. The van der Waals surface area contributed by atoms with Crippen LogP contribution in [0.15, 0.2) is 107 Å². The summed E-state index contributed by atoms with van der Waals surface area (Å²) in [7, 11) is 0. The maximum Gasteiger partial charge on any atom is 0.287 e. The molecule has 184 valence electrons. The van der Waals surface area contributed by atoms with Gasteiger partial charge in [-0.2, -0.15) is 9.78 Å². The van der Waals surface area contributed by atoms with Crippen molar-refractivity contribution >= 4 is 33.7 Å². The van der Waals surface area contributed by atoms with Crippen LogP contribution in [0.5, 0.6) is 0 Å². The maximum absolute atomic E-state index is 13.5. The summed E-state index contributed by atoms with van der Waals surface area (Å²) in [6.07, 6.45) is 2.90. The van der Waals surface area contributed by atoms with Crippen LogP contribution in [0.2, 0.25) is 0 Å². The Morgan fingerprint density at radius 1 is 0.895 bits per heavy atom. The average Bonchev–Trinajstić information content (AvgIpc) is 3.24. The van der Waals surface area contributed by atoms with Gasteiger partial charge in [-0.15, -0.1) is 0 Å². The normalized spacial score (nSPS) is 11.5. The standard InChI is InChI=1S/C29H20N6O3/c1-19-24(22-11-6-8-14-26(22)33(19)27-16-15-21(17-30-27)35(37)38)18-31-34-28(20-9-3-2-4-10-20)32-25-13-7-5-12-23(25)29(34)36/h2-18H,1H3. The summed E-state index contributed by atoms with van der Waals surface area (Å²) < 4.78 is 3.24. The van der Waals surface area contributed by atoms with Gasteiger partial charge in [-0.05, 0) is 31.2 Å². The highest BCUT2D eigenvalue weighted by atomic mass is 16.6. The summed E-state index contributed by atoms with van der Waals surface area (Å²) in [6.45, 7) is 1.92. The van der Waals surface area contributed by atoms with E-state index >= 15 is 0 Å². The topological polar surface area (TPSA) is 108 Å². The fourth-order valence-corrected chi connectivity index (χ4v) is 4.59. The van der Waals surface area contributed by atoms with Crippen LogP contribution < -0.4 is 5.56 Å². The summed E-state index contributed by atoms with van der Waals surface area (Å²) in [6, 6.07) is 27.4. The first-order valence-electron chi connectivity index (χ1n) is 11.9. The van der Waals surface area contributed by atoms with Gasteiger partial charge < -0.3 is 0 Å². The molecule has 0 amide bonds. The predicted octanol–water partition coefficient (Wildman–Crippen LogP) is 5.50. The van der Waals surface area contributed by atoms with Crippen molar-refractivity contribution in [2.45, 2.75) is 6.92 Å². The van der Waals surface area contributed by atoms with Crippen molar-refractivity contribution in [2.24, 2.45) is 5.10 Å². The molecule has 0 saturated carbocycles. The molecule has 0 aliphatic carbocycles. The van der Waals surface area contributed by atoms with Crippen molar-refractivity contribution in [1.82, 2.24) is 19.2 Å². The molecule has 9 nitrogen and oxygen atoms in total. The number of rotatable bonds is 5. The van der Waals surface area contributed by atoms with E-state index < -0.39 is 4.92 Å². The Morgan fingerprint density at radius 2 is 1.61 bits per heavy atom. The van der Waals surface area contributed by atoms with Crippen molar-refractivity contribution in [3.63, 3.8) is 0 Å². The number of aromatic nitrogens is 4. The van der Waals surface area contributed by atoms with Gasteiger partial charge in [0.2, 0.25) is 0 Å². The highest BCUT2D eigenvalue weighted by molar-refractivity contribution is 6.02. The van der Waals surface area contributed by atoms with E-state index in [0.717, 1.165) is 27.7 Å². The second-order valence-corrected chi connectivity index (χ2v) is 8.66. The Hall–Kier alpha value is -5.44. The van der Waals surface area contributed by atoms with Gasteiger partial charge in [0.05, 0.1) is 27.6 Å². The highest BCUT2D eigenvalue weighted by Gasteiger charge is 2.17. The summed E-state index contributed by atoms with van der Waals surface area (Å²) in [5.74, 6) is 0.974. The monoisotopic (exact) mass is 500 g/mol. The molecule has 0 saturated heterocycles. The van der Waals surface area contributed by atoms with E-state index in [2.05, 4.69) is 10.1 Å². The number of hydrogen-bond acceptors (Lipinski definition) is 6. The Balaban J connectivity index is 1.55. The molecule has 0 spiro atoms. The summed E-state index contributed by atoms with van der Waals surface area (Å²) in [5, 5.41) is 17.1. The Bertz CT molecular complexity index is 1920. The number of fused-ring (bicyclic) bond motifs is 2. The number of hydrogen-bond donors (Lipinski definition) is 0. The third-order valence-corrected chi connectivity index (χ3v) is 6.42. The van der Waals surface area contributed by atoms with Crippen molar-refractivity contribution in [1.29, 1.82) is 0 Å². The first kappa shape index (κ1) is 23.0. The molecule has 6 aromatic rings. The molecule has 0 aliphatic rings. The lowest BCUT2D eigenvalue weighted by molar-refractivity contribution is -0.385. The van der Waals surface area contributed by atoms with Gasteiger partial charge in [0, 0.05) is 28.3 Å². The molecule has 6 rings (SSSR count). The molecular formula is C29H20N6O3. The minimum Gasteiger partial charge on any atom is -0.298 e. The van der Waals surface area contributed by atoms with Gasteiger partial charge in [0.25, 0.3) is 11.2 Å². The van der Waals surface area contributed by atoms with Crippen LogP contribution in [-0.4, -0.2) is 30.3 Å². The first-order chi connectivity index (χ1) is 18.5. The molecule has 9 heteroatoms. The van der Waals surface area contributed by atoms with Crippen LogP contribution in [-0.2, 0) is 0 Å². The Morgan fingerprint density at radius 3 is 2.34 bits per heavy atom. The molecule has 0 radical (unpaired) electrons. The number of benzene rings is 3. The van der Waals surface area contributed by atoms with E-state index in [0.29, 0.717) is 22.5 Å². The molecule has 3 aromatic heterocycles. The van der Waals surface area contributed by atoms with E-state index in [-0.39, 0.29) is 11.2 Å². The van der Waals surface area contributed by atoms with E-state index in [9.17, 15) is 14.9 Å². The predicted molar refractivity (Wildman–Crippen MR) is 147 cm³/mol. The largest absolute Gasteiger partial charge is 0.298 e. The lowest BCUT2D eigenvalue weighted by atomic mass is 10.1. The zero-order valence-electron chi connectivity index (χ0n) is 20.2. The van der Waals surface area contributed by atoms with Crippen LogP contribution in [0.1, 0.15) is 11.3 Å². The molecule has 0 N–H and O–H groups in total. The molecule has 38 heavy (non-hydrogen) atoms. The molecule has 3 aromatic carbocycles. The van der Waals surface area contributed by atoms with Gasteiger partial charge in [-0.3, -0.25) is 19.5 Å². The quantitative estimate of drug-likeness (QED) is 0.176. The third-order valence-electron chi connectivity index (χ3n) is 6.42. The van der Waals surface area contributed by atoms with Crippen molar-refractivity contribution in [3.05, 3.63) is 129 Å². The lowest BCUT2D eigenvalue weighted by Gasteiger charge is -2.09. The molecule has 0 fully saturated rings. The molecule has 0 atom stereocenters. The van der Waals surface area contributed by atoms with Crippen molar-refractivity contribution < 1.29 is 4.92 Å². The third kappa shape index (κ3) is 3.82. The van der Waals surface area contributed by atoms with Gasteiger partial charge in [0.15, 0.2) is 5.82 Å². The van der Waals surface area contributed by atoms with E-state index in [4.69, 9.17) is 4.98 Å². The van der Waals surface area contributed by atoms with Crippen molar-refractivity contribution in [2.75, 3.05) is 0 Å². The van der Waals surface area contributed by atoms with Crippen molar-refractivity contribution in [3.8, 4) is 17.2 Å². The minimum absolute atomic E-state index is 0.0822.